The highest BCUT2D eigenvalue weighted by atomic mass is 31.2. The molecule has 0 amide bonds. The molecule has 13 nitrogen and oxygen atoms in total. The summed E-state index contributed by atoms with van der Waals surface area (Å²) in [6.07, 6.45) is 16.5. The van der Waals surface area contributed by atoms with Crippen molar-refractivity contribution in [2.24, 2.45) is 0 Å². The molecule has 3 heterocycles. The minimum absolute atomic E-state index is 0.165. The molecule has 1 fully saturated rings. The second-order valence-electron chi connectivity index (χ2n) is 15.7. The van der Waals surface area contributed by atoms with Crippen LogP contribution in [0.25, 0.3) is 16.6 Å². The molecule has 0 bridgehead atoms. The van der Waals surface area contributed by atoms with Crippen LogP contribution < -0.4 is 5.73 Å². The van der Waals surface area contributed by atoms with Crippen LogP contribution in [0, 0.1) is 0 Å². The van der Waals surface area contributed by atoms with E-state index >= 15 is 0 Å². The molecule has 2 aromatic carbocycles. The first-order valence-electron chi connectivity index (χ1n) is 21.8. The van der Waals surface area contributed by atoms with Gasteiger partial charge in [-0.15, -0.1) is 0 Å². The van der Waals surface area contributed by atoms with Gasteiger partial charge in [0, 0.05) is 6.61 Å². The number of hydrogen-bond acceptors (Lipinski definition) is 11. The van der Waals surface area contributed by atoms with Crippen molar-refractivity contribution in [3.8, 4) is 11.1 Å². The highest BCUT2D eigenvalue weighted by molar-refractivity contribution is 7.47. The Kier molecular flexibility index (Phi) is 20.3. The average molecular weight is 839 g/mol. The number of nitrogens with zero attached hydrogens (tertiary/aromatic N) is 3. The zero-order chi connectivity index (χ0) is 41.7. The lowest BCUT2D eigenvalue weighted by atomic mass is 10.0. The minimum atomic E-state index is -4.64. The molecular weight excluding hydrogens is 771 g/mol. The SMILES string of the molecule is CCCCCCCCCCCCCCCCCCOC[C@H](COP(=O)(O)OC[C@H]1O[C@@H](c2ccc3c(N)ncnn23)[C@H](O)[C@@H]1O)OCc1ccc(-c2ccccc2)cc1. The monoisotopic (exact) mass is 838 g/mol. The van der Waals surface area contributed by atoms with Crippen LogP contribution in [0.3, 0.4) is 0 Å². The fourth-order valence-electron chi connectivity index (χ4n) is 7.45. The van der Waals surface area contributed by atoms with E-state index in [0.29, 0.717) is 17.8 Å². The Hall–Kier alpha value is -3.23. The molecule has 2 aromatic heterocycles. The van der Waals surface area contributed by atoms with Gasteiger partial charge < -0.3 is 35.1 Å². The van der Waals surface area contributed by atoms with Gasteiger partial charge in [0.2, 0.25) is 0 Å². The van der Waals surface area contributed by atoms with Gasteiger partial charge in [0.25, 0.3) is 0 Å². The molecule has 1 unspecified atom stereocenters. The van der Waals surface area contributed by atoms with Crippen molar-refractivity contribution in [3.05, 3.63) is 84.3 Å². The maximum Gasteiger partial charge on any atom is 0.472 e. The van der Waals surface area contributed by atoms with Gasteiger partial charge in [-0.25, -0.2) is 14.1 Å². The quantitative estimate of drug-likeness (QED) is 0.0289. The highest BCUT2D eigenvalue weighted by Gasteiger charge is 2.45. The number of fused-ring (bicyclic) bond motifs is 1. The number of aromatic nitrogens is 3. The molecule has 0 radical (unpaired) electrons. The highest BCUT2D eigenvalue weighted by Crippen LogP contribution is 2.45. The molecular formula is C45H67N4O9P. The van der Waals surface area contributed by atoms with Crippen molar-refractivity contribution in [2.45, 2.75) is 147 Å². The van der Waals surface area contributed by atoms with Gasteiger partial charge in [0.05, 0.1) is 32.1 Å². The fourth-order valence-corrected chi connectivity index (χ4v) is 8.22. The topological polar surface area (TPSA) is 180 Å². The van der Waals surface area contributed by atoms with E-state index in [9.17, 15) is 19.7 Å². The van der Waals surface area contributed by atoms with E-state index in [1.54, 1.807) is 12.1 Å². The molecule has 5 N–H and O–H groups in total. The van der Waals surface area contributed by atoms with Gasteiger partial charge in [0.15, 0.2) is 5.82 Å². The van der Waals surface area contributed by atoms with Gasteiger partial charge >= 0.3 is 7.82 Å². The van der Waals surface area contributed by atoms with E-state index in [4.69, 9.17) is 29.0 Å². The second kappa shape index (κ2) is 25.5. The molecule has 59 heavy (non-hydrogen) atoms. The van der Waals surface area contributed by atoms with E-state index in [0.717, 1.165) is 29.5 Å². The third kappa shape index (κ3) is 15.6. The number of hydrogen-bond donors (Lipinski definition) is 4. The van der Waals surface area contributed by atoms with E-state index in [1.165, 1.54) is 101 Å². The van der Waals surface area contributed by atoms with Crippen LogP contribution in [-0.4, -0.2) is 80.5 Å². The third-order valence-electron chi connectivity index (χ3n) is 11.0. The van der Waals surface area contributed by atoms with Crippen molar-refractivity contribution in [1.82, 2.24) is 14.6 Å². The molecule has 0 saturated carbocycles. The molecule has 6 atom stereocenters. The molecule has 0 aliphatic carbocycles. The molecule has 5 rings (SSSR count). The number of phosphoric ester groups is 1. The maximum absolute atomic E-state index is 13.1. The summed E-state index contributed by atoms with van der Waals surface area (Å²) in [5.74, 6) is 0.242. The number of unbranched alkanes of at least 4 members (excludes halogenated alkanes) is 15. The number of phosphoric acid groups is 1. The van der Waals surface area contributed by atoms with Gasteiger partial charge in [0.1, 0.15) is 42.4 Å². The van der Waals surface area contributed by atoms with E-state index in [2.05, 4.69) is 29.1 Å². The van der Waals surface area contributed by atoms with Crippen molar-refractivity contribution >= 4 is 19.2 Å². The Morgan fingerprint density at radius 1 is 0.763 bits per heavy atom. The molecule has 326 valence electrons. The van der Waals surface area contributed by atoms with E-state index in [-0.39, 0.29) is 25.6 Å². The predicted molar refractivity (Wildman–Crippen MR) is 230 cm³/mol. The van der Waals surface area contributed by atoms with Crippen LogP contribution in [0.5, 0.6) is 0 Å². The summed E-state index contributed by atoms with van der Waals surface area (Å²) in [5, 5.41) is 25.7. The minimum Gasteiger partial charge on any atom is -0.387 e. The van der Waals surface area contributed by atoms with Gasteiger partial charge in [-0.1, -0.05) is 158 Å². The molecule has 1 aliphatic heterocycles. The molecule has 1 aliphatic rings. The molecule has 0 spiro atoms. The Bertz CT molecular complexity index is 1800. The smallest absolute Gasteiger partial charge is 0.387 e. The van der Waals surface area contributed by atoms with Crippen LogP contribution in [-0.2, 0) is 34.4 Å². The number of rotatable bonds is 30. The van der Waals surface area contributed by atoms with Crippen LogP contribution in [0.15, 0.2) is 73.1 Å². The summed E-state index contributed by atoms with van der Waals surface area (Å²) < 4.78 is 43.2. The van der Waals surface area contributed by atoms with Crippen molar-refractivity contribution in [3.63, 3.8) is 0 Å². The van der Waals surface area contributed by atoms with Crippen molar-refractivity contribution in [1.29, 1.82) is 0 Å². The Morgan fingerprint density at radius 2 is 1.37 bits per heavy atom. The van der Waals surface area contributed by atoms with Gasteiger partial charge in [-0.2, -0.15) is 5.10 Å². The molecule has 1 saturated heterocycles. The maximum atomic E-state index is 13.1. The normalized spacial score (nSPS) is 19.7. The standard InChI is InChI=1S/C45H67N4O9P/c1-2-3-4-5-6-7-8-9-10-11-12-13-14-15-16-20-29-54-31-38(55-30-35-23-25-37(26-24-35)36-21-18-17-19-22-36)32-56-59(52,53)57-33-41-42(50)43(51)44(58-41)39-27-28-40-45(46)47-34-48-49(39)40/h17-19,21-28,34,38,41-44,50-51H,2-16,20,29-33H2,1H3,(H,52,53)(H2,46,47,48)/t38-,41-,42-,43-,44+/m1/s1. The lowest BCUT2D eigenvalue weighted by Gasteiger charge is -2.21. The number of aliphatic hydroxyl groups is 2. The Morgan fingerprint density at radius 3 is 2.02 bits per heavy atom. The number of anilines is 1. The van der Waals surface area contributed by atoms with Crippen molar-refractivity contribution in [2.75, 3.05) is 32.2 Å². The molecule has 4 aromatic rings. The number of benzene rings is 2. The van der Waals surface area contributed by atoms with E-state index in [1.807, 2.05) is 42.5 Å². The van der Waals surface area contributed by atoms with Crippen LogP contribution in [0.2, 0.25) is 0 Å². The number of aliphatic hydroxyl groups excluding tert-OH is 2. The van der Waals surface area contributed by atoms with Gasteiger partial charge in [-0.05, 0) is 35.2 Å². The Labute approximate surface area is 350 Å². The third-order valence-corrected chi connectivity index (χ3v) is 11.9. The summed E-state index contributed by atoms with van der Waals surface area (Å²) in [7, 11) is -4.64. The van der Waals surface area contributed by atoms with Crippen LogP contribution in [0.4, 0.5) is 5.82 Å². The lowest BCUT2D eigenvalue weighted by molar-refractivity contribution is -0.0555. The first-order chi connectivity index (χ1) is 28.8. The number of nitrogens with two attached hydrogens (primary N) is 1. The second-order valence-corrected chi connectivity index (χ2v) is 17.2. The molecule has 14 heteroatoms. The summed E-state index contributed by atoms with van der Waals surface area (Å²) in [4.78, 5) is 14.6. The number of ether oxygens (including phenoxy) is 3. The Balaban J connectivity index is 1.02. The van der Waals surface area contributed by atoms with Crippen molar-refractivity contribution < 1.29 is 42.9 Å². The summed E-state index contributed by atoms with van der Waals surface area (Å²) >= 11 is 0. The fraction of sp³-hybridized carbons (Fsp3) is 0.600. The first-order valence-corrected chi connectivity index (χ1v) is 23.3. The van der Waals surface area contributed by atoms with Crippen LogP contribution >= 0.6 is 7.82 Å². The predicted octanol–water partition coefficient (Wildman–Crippen LogP) is 9.14. The van der Waals surface area contributed by atoms with Gasteiger partial charge in [-0.3, -0.25) is 9.05 Å². The lowest BCUT2D eigenvalue weighted by Crippen LogP contribution is -2.33. The average Bonchev–Trinajstić information content (AvgIpc) is 3.81. The summed E-state index contributed by atoms with van der Waals surface area (Å²) in [6.45, 7) is 2.44. The zero-order valence-corrected chi connectivity index (χ0v) is 35.7. The van der Waals surface area contributed by atoms with E-state index < -0.39 is 44.9 Å². The zero-order valence-electron chi connectivity index (χ0n) is 34.8. The summed E-state index contributed by atoms with van der Waals surface area (Å²) in [5.41, 5.74) is 10.0. The summed E-state index contributed by atoms with van der Waals surface area (Å²) in [6, 6.07) is 21.5. The number of nitrogen functional groups attached to an aromatic ring is 1. The first kappa shape index (κ1) is 46.8. The van der Waals surface area contributed by atoms with Crippen LogP contribution in [0.1, 0.15) is 127 Å². The largest absolute Gasteiger partial charge is 0.472 e.